The first-order chi connectivity index (χ1) is 10.6. The van der Waals surface area contributed by atoms with Crippen LogP contribution in [0.2, 0.25) is 0 Å². The van der Waals surface area contributed by atoms with Crippen LogP contribution in [0, 0.1) is 13.8 Å². The second-order valence-corrected chi connectivity index (χ2v) is 6.41. The Labute approximate surface area is 132 Å². The quantitative estimate of drug-likeness (QED) is 0.870. The maximum atomic E-state index is 12.4. The predicted octanol–water partition coefficient (Wildman–Crippen LogP) is 3.45. The number of carbonyl (C=O) groups is 1. The van der Waals surface area contributed by atoms with Crippen molar-refractivity contribution in [2.75, 3.05) is 13.1 Å². The Balaban J connectivity index is 1.68. The molecule has 1 aromatic heterocycles. The molecule has 22 heavy (non-hydrogen) atoms. The maximum Gasteiger partial charge on any atom is 0.224 e. The van der Waals surface area contributed by atoms with Gasteiger partial charge in [-0.15, -0.1) is 0 Å². The van der Waals surface area contributed by atoms with Crippen LogP contribution in [-0.2, 0) is 11.3 Å². The number of carbonyl (C=O) groups excluding carboxylic acids is 1. The molecule has 1 aliphatic rings. The number of rotatable bonds is 3. The van der Waals surface area contributed by atoms with E-state index in [-0.39, 0.29) is 5.91 Å². The Hall–Kier alpha value is -1.84. The van der Waals surface area contributed by atoms with Crippen molar-refractivity contribution in [3.8, 4) is 0 Å². The van der Waals surface area contributed by atoms with Gasteiger partial charge in [-0.2, -0.15) is 0 Å². The number of imidazole rings is 1. The van der Waals surface area contributed by atoms with Crippen molar-refractivity contribution in [1.29, 1.82) is 0 Å². The highest BCUT2D eigenvalue weighted by Gasteiger charge is 2.15. The molecule has 1 amide bonds. The lowest BCUT2D eigenvalue weighted by molar-refractivity contribution is -0.131. The molecular weight excluding hydrogens is 274 g/mol. The Bertz CT molecular complexity index is 666. The summed E-state index contributed by atoms with van der Waals surface area (Å²) in [5.74, 6) is 0.285. The number of fused-ring (bicyclic) bond motifs is 1. The number of aromatic nitrogens is 2. The molecule has 0 unspecified atom stereocenters. The summed E-state index contributed by atoms with van der Waals surface area (Å²) in [6.07, 6.45) is 7.25. The Morgan fingerprint density at radius 3 is 2.50 bits per heavy atom. The van der Waals surface area contributed by atoms with Crippen LogP contribution in [-0.4, -0.2) is 33.4 Å². The summed E-state index contributed by atoms with van der Waals surface area (Å²) >= 11 is 0. The molecule has 0 radical (unpaired) electrons. The smallest absolute Gasteiger partial charge is 0.224 e. The molecule has 1 aliphatic heterocycles. The van der Waals surface area contributed by atoms with Crippen LogP contribution in [0.25, 0.3) is 11.0 Å². The van der Waals surface area contributed by atoms with E-state index in [1.165, 1.54) is 24.0 Å². The van der Waals surface area contributed by atoms with Crippen molar-refractivity contribution in [1.82, 2.24) is 14.5 Å². The van der Waals surface area contributed by atoms with Crippen LogP contribution >= 0.6 is 0 Å². The Morgan fingerprint density at radius 1 is 1.09 bits per heavy atom. The van der Waals surface area contributed by atoms with Crippen LogP contribution in [0.5, 0.6) is 0 Å². The predicted molar refractivity (Wildman–Crippen MR) is 88.9 cm³/mol. The van der Waals surface area contributed by atoms with E-state index in [1.54, 1.807) is 0 Å². The summed E-state index contributed by atoms with van der Waals surface area (Å²) in [5, 5.41) is 0. The maximum absolute atomic E-state index is 12.4. The van der Waals surface area contributed by atoms with E-state index < -0.39 is 0 Å². The summed E-state index contributed by atoms with van der Waals surface area (Å²) in [4.78, 5) is 18.9. The van der Waals surface area contributed by atoms with Gasteiger partial charge in [0.05, 0.1) is 17.4 Å². The van der Waals surface area contributed by atoms with Gasteiger partial charge in [0.1, 0.15) is 0 Å². The average molecular weight is 299 g/mol. The molecule has 0 bridgehead atoms. The number of benzene rings is 1. The Morgan fingerprint density at radius 2 is 1.77 bits per heavy atom. The zero-order valence-electron chi connectivity index (χ0n) is 13.6. The second kappa shape index (κ2) is 6.51. The minimum atomic E-state index is 0.285. The fraction of sp³-hybridized carbons (Fsp3) is 0.556. The van der Waals surface area contributed by atoms with Gasteiger partial charge >= 0.3 is 0 Å². The van der Waals surface area contributed by atoms with Crippen molar-refractivity contribution in [3.63, 3.8) is 0 Å². The Kier molecular flexibility index (Phi) is 4.46. The molecule has 4 heteroatoms. The number of nitrogens with zero attached hydrogens (tertiary/aromatic N) is 3. The van der Waals surface area contributed by atoms with E-state index in [2.05, 4.69) is 35.5 Å². The van der Waals surface area contributed by atoms with Gasteiger partial charge in [0.25, 0.3) is 0 Å². The molecule has 0 aliphatic carbocycles. The van der Waals surface area contributed by atoms with Crippen molar-refractivity contribution in [2.24, 2.45) is 0 Å². The van der Waals surface area contributed by atoms with Gasteiger partial charge in [-0.25, -0.2) is 4.98 Å². The van der Waals surface area contributed by atoms with Gasteiger partial charge in [-0.3, -0.25) is 4.79 Å². The van der Waals surface area contributed by atoms with Crippen molar-refractivity contribution >= 4 is 16.9 Å². The van der Waals surface area contributed by atoms with Gasteiger partial charge in [-0.1, -0.05) is 12.8 Å². The van der Waals surface area contributed by atoms with Gasteiger partial charge in [-0.05, 0) is 49.9 Å². The topological polar surface area (TPSA) is 38.1 Å². The van der Waals surface area contributed by atoms with Gasteiger partial charge in [0, 0.05) is 26.1 Å². The van der Waals surface area contributed by atoms with Crippen molar-refractivity contribution in [3.05, 3.63) is 29.6 Å². The number of hydrogen-bond acceptors (Lipinski definition) is 2. The molecule has 118 valence electrons. The van der Waals surface area contributed by atoms with Gasteiger partial charge in [0.15, 0.2) is 0 Å². The molecular formula is C18H25N3O. The minimum Gasteiger partial charge on any atom is -0.343 e. The molecule has 1 saturated heterocycles. The fourth-order valence-corrected chi connectivity index (χ4v) is 3.19. The molecule has 1 aromatic carbocycles. The summed E-state index contributed by atoms with van der Waals surface area (Å²) in [6.45, 7) is 6.81. The van der Waals surface area contributed by atoms with E-state index in [0.717, 1.165) is 37.0 Å². The molecule has 1 fully saturated rings. The number of likely N-dealkylation sites (tertiary alicyclic amines) is 1. The molecule has 2 aromatic rings. The first-order valence-corrected chi connectivity index (χ1v) is 8.35. The SMILES string of the molecule is Cc1cc2ncn(CCC(=O)N3CCCCCC3)c2cc1C. The third kappa shape index (κ3) is 3.16. The van der Waals surface area contributed by atoms with E-state index in [1.807, 2.05) is 11.2 Å². The van der Waals surface area contributed by atoms with E-state index in [0.29, 0.717) is 13.0 Å². The summed E-state index contributed by atoms with van der Waals surface area (Å²) in [6, 6.07) is 4.30. The summed E-state index contributed by atoms with van der Waals surface area (Å²) in [7, 11) is 0. The first-order valence-electron chi connectivity index (χ1n) is 8.35. The second-order valence-electron chi connectivity index (χ2n) is 6.41. The van der Waals surface area contributed by atoms with E-state index in [4.69, 9.17) is 0 Å². The number of amides is 1. The molecule has 4 nitrogen and oxygen atoms in total. The lowest BCUT2D eigenvalue weighted by Gasteiger charge is -2.20. The van der Waals surface area contributed by atoms with Crippen molar-refractivity contribution < 1.29 is 4.79 Å². The van der Waals surface area contributed by atoms with Crippen LogP contribution in [0.3, 0.4) is 0 Å². The van der Waals surface area contributed by atoms with Crippen LogP contribution < -0.4 is 0 Å². The highest BCUT2D eigenvalue weighted by Crippen LogP contribution is 2.19. The third-order valence-electron chi connectivity index (χ3n) is 4.76. The van der Waals surface area contributed by atoms with Crippen LogP contribution in [0.1, 0.15) is 43.2 Å². The molecule has 0 N–H and O–H groups in total. The lowest BCUT2D eigenvalue weighted by atomic mass is 10.1. The fourth-order valence-electron chi connectivity index (χ4n) is 3.19. The zero-order valence-corrected chi connectivity index (χ0v) is 13.6. The van der Waals surface area contributed by atoms with E-state index in [9.17, 15) is 4.79 Å². The normalized spacial score (nSPS) is 16.0. The van der Waals surface area contributed by atoms with Crippen molar-refractivity contribution in [2.45, 2.75) is 52.5 Å². The third-order valence-corrected chi connectivity index (χ3v) is 4.76. The largest absolute Gasteiger partial charge is 0.343 e. The number of hydrogen-bond donors (Lipinski definition) is 0. The molecule has 2 heterocycles. The highest BCUT2D eigenvalue weighted by atomic mass is 16.2. The van der Waals surface area contributed by atoms with Crippen LogP contribution in [0.15, 0.2) is 18.5 Å². The molecule has 0 saturated carbocycles. The van der Waals surface area contributed by atoms with E-state index >= 15 is 0 Å². The first kappa shape index (κ1) is 15.1. The molecule has 3 rings (SSSR count). The average Bonchev–Trinajstić information content (AvgIpc) is 2.73. The van der Waals surface area contributed by atoms with Gasteiger partial charge < -0.3 is 9.47 Å². The molecule has 0 atom stereocenters. The standard InChI is InChI=1S/C18H25N3O/c1-14-11-16-17(12-15(14)2)21(13-19-16)10-7-18(22)20-8-5-3-4-6-9-20/h11-13H,3-10H2,1-2H3. The van der Waals surface area contributed by atoms with Crippen LogP contribution in [0.4, 0.5) is 0 Å². The highest BCUT2D eigenvalue weighted by molar-refractivity contribution is 5.78. The lowest BCUT2D eigenvalue weighted by Crippen LogP contribution is -2.32. The molecule has 0 spiro atoms. The minimum absolute atomic E-state index is 0.285. The number of aryl methyl sites for hydroxylation is 3. The summed E-state index contributed by atoms with van der Waals surface area (Å²) < 4.78 is 2.11. The van der Waals surface area contributed by atoms with Gasteiger partial charge in [0.2, 0.25) is 5.91 Å². The zero-order chi connectivity index (χ0) is 15.5. The summed E-state index contributed by atoms with van der Waals surface area (Å²) in [5.41, 5.74) is 4.68. The monoisotopic (exact) mass is 299 g/mol.